The molecule has 1 heterocycles. The van der Waals surface area contributed by atoms with Crippen molar-refractivity contribution in [3.63, 3.8) is 0 Å². The monoisotopic (exact) mass is 217 g/mol. The Balaban J connectivity index is 2.18. The Bertz CT molecular complexity index is 519. The predicted molar refractivity (Wildman–Crippen MR) is 61.8 cm³/mol. The molecule has 0 aliphatic rings. The molecule has 6 N–H and O–H groups in total. The lowest BCUT2D eigenvalue weighted by atomic mass is 10.2. The molecule has 2 aromatic rings. The molecule has 0 atom stereocenters. The third-order valence-corrected chi connectivity index (χ3v) is 2.04. The van der Waals surface area contributed by atoms with Gasteiger partial charge in [-0.15, -0.1) is 0 Å². The van der Waals surface area contributed by atoms with Crippen LogP contribution < -0.4 is 16.8 Å². The normalized spacial score (nSPS) is 10.0. The zero-order chi connectivity index (χ0) is 11.5. The summed E-state index contributed by atoms with van der Waals surface area (Å²) in [4.78, 5) is 11.8. The Hall–Kier alpha value is -2.50. The number of H-pyrrole nitrogens is 1. The second kappa shape index (κ2) is 3.93. The van der Waals surface area contributed by atoms with E-state index in [-0.39, 0.29) is 5.91 Å². The minimum absolute atomic E-state index is 0.315. The first kappa shape index (κ1) is 10.0. The summed E-state index contributed by atoms with van der Waals surface area (Å²) in [5, 5.41) is 8.89. The third-order valence-electron chi connectivity index (χ3n) is 2.04. The van der Waals surface area contributed by atoms with Gasteiger partial charge < -0.3 is 16.8 Å². The Morgan fingerprint density at radius 1 is 1.31 bits per heavy atom. The van der Waals surface area contributed by atoms with Gasteiger partial charge in [-0.3, -0.25) is 9.89 Å². The van der Waals surface area contributed by atoms with Gasteiger partial charge in [0.05, 0.1) is 5.56 Å². The molecular weight excluding hydrogens is 206 g/mol. The molecule has 0 spiro atoms. The number of nitrogens with zero attached hydrogens (tertiary/aromatic N) is 1. The van der Waals surface area contributed by atoms with Gasteiger partial charge in [0.25, 0.3) is 5.91 Å². The van der Waals surface area contributed by atoms with Crippen LogP contribution in [0.3, 0.4) is 0 Å². The maximum atomic E-state index is 11.8. The van der Waals surface area contributed by atoms with Gasteiger partial charge in [0.1, 0.15) is 5.82 Å². The van der Waals surface area contributed by atoms with Crippen molar-refractivity contribution in [2.45, 2.75) is 0 Å². The van der Waals surface area contributed by atoms with E-state index in [1.54, 1.807) is 24.3 Å². The average Bonchev–Trinajstić information content (AvgIpc) is 2.64. The van der Waals surface area contributed by atoms with E-state index >= 15 is 0 Å². The molecule has 0 saturated carbocycles. The summed E-state index contributed by atoms with van der Waals surface area (Å²) in [7, 11) is 0. The molecule has 1 aromatic heterocycles. The number of rotatable bonds is 2. The van der Waals surface area contributed by atoms with Crippen molar-refractivity contribution in [2.75, 3.05) is 16.8 Å². The van der Waals surface area contributed by atoms with E-state index in [0.717, 1.165) is 0 Å². The van der Waals surface area contributed by atoms with Crippen molar-refractivity contribution < 1.29 is 4.79 Å². The maximum Gasteiger partial charge on any atom is 0.258 e. The standard InChI is InChI=1S/C10H11N5O/c11-7-4-2-1-3-6(7)10(16)13-9-5-8(12)14-15-9/h1-5H,11H2,(H4,12,13,14,15,16). The highest BCUT2D eigenvalue weighted by Gasteiger charge is 2.10. The van der Waals surface area contributed by atoms with Crippen LogP contribution in [0.2, 0.25) is 0 Å². The van der Waals surface area contributed by atoms with Gasteiger partial charge in [0.15, 0.2) is 5.82 Å². The molecule has 1 amide bonds. The van der Waals surface area contributed by atoms with E-state index in [0.29, 0.717) is 22.9 Å². The van der Waals surface area contributed by atoms with Crippen LogP contribution in [0.15, 0.2) is 30.3 Å². The largest absolute Gasteiger partial charge is 0.398 e. The second-order valence-corrected chi connectivity index (χ2v) is 3.25. The highest BCUT2D eigenvalue weighted by molar-refractivity contribution is 6.07. The fraction of sp³-hybridized carbons (Fsp3) is 0. The minimum Gasteiger partial charge on any atom is -0.398 e. The third kappa shape index (κ3) is 1.95. The number of aromatic amines is 1. The summed E-state index contributed by atoms with van der Waals surface area (Å²) in [6.07, 6.45) is 0. The van der Waals surface area contributed by atoms with Crippen molar-refractivity contribution in [1.29, 1.82) is 0 Å². The highest BCUT2D eigenvalue weighted by atomic mass is 16.1. The first-order chi connectivity index (χ1) is 7.66. The Morgan fingerprint density at radius 3 is 2.69 bits per heavy atom. The number of aromatic nitrogens is 2. The fourth-order valence-corrected chi connectivity index (χ4v) is 1.29. The summed E-state index contributed by atoms with van der Waals surface area (Å²) in [5.74, 6) is 0.437. The maximum absolute atomic E-state index is 11.8. The number of nitrogens with one attached hydrogen (secondary N) is 2. The molecule has 0 fully saturated rings. The summed E-state index contributed by atoms with van der Waals surface area (Å²) in [6.45, 7) is 0. The smallest absolute Gasteiger partial charge is 0.258 e. The molecule has 6 heteroatoms. The van der Waals surface area contributed by atoms with Crippen molar-refractivity contribution in [1.82, 2.24) is 10.2 Å². The second-order valence-electron chi connectivity index (χ2n) is 3.25. The zero-order valence-electron chi connectivity index (χ0n) is 8.40. The summed E-state index contributed by atoms with van der Waals surface area (Å²) in [6, 6.07) is 8.33. The Labute approximate surface area is 91.6 Å². The molecule has 0 saturated heterocycles. The number of benzene rings is 1. The van der Waals surface area contributed by atoms with E-state index in [1.165, 1.54) is 6.07 Å². The number of para-hydroxylation sites is 1. The van der Waals surface area contributed by atoms with Gasteiger partial charge >= 0.3 is 0 Å². The van der Waals surface area contributed by atoms with Crippen LogP contribution in [0.25, 0.3) is 0 Å². The molecule has 6 nitrogen and oxygen atoms in total. The number of amides is 1. The van der Waals surface area contributed by atoms with Crippen molar-refractivity contribution in [3.8, 4) is 0 Å². The predicted octanol–water partition coefficient (Wildman–Crippen LogP) is 0.826. The van der Waals surface area contributed by atoms with Crippen molar-refractivity contribution in [3.05, 3.63) is 35.9 Å². The van der Waals surface area contributed by atoms with Gasteiger partial charge in [-0.2, -0.15) is 5.10 Å². The summed E-state index contributed by atoms with van der Waals surface area (Å²) in [5.41, 5.74) is 11.9. The minimum atomic E-state index is -0.315. The number of nitrogen functional groups attached to an aromatic ring is 2. The molecule has 0 radical (unpaired) electrons. The molecule has 0 aliphatic heterocycles. The summed E-state index contributed by atoms with van der Waals surface area (Å²) >= 11 is 0. The topological polar surface area (TPSA) is 110 Å². The number of hydrogen-bond acceptors (Lipinski definition) is 4. The van der Waals surface area contributed by atoms with Gasteiger partial charge in [-0.1, -0.05) is 12.1 Å². The lowest BCUT2D eigenvalue weighted by Gasteiger charge is -2.04. The van der Waals surface area contributed by atoms with E-state index in [1.807, 2.05) is 0 Å². The molecule has 16 heavy (non-hydrogen) atoms. The quantitative estimate of drug-likeness (QED) is 0.558. The van der Waals surface area contributed by atoms with Crippen LogP contribution in [0, 0.1) is 0 Å². The number of anilines is 3. The number of nitrogens with two attached hydrogens (primary N) is 2. The fourth-order valence-electron chi connectivity index (χ4n) is 1.29. The van der Waals surface area contributed by atoms with Crippen LogP contribution in [0.1, 0.15) is 10.4 Å². The van der Waals surface area contributed by atoms with E-state index in [9.17, 15) is 4.79 Å². The highest BCUT2D eigenvalue weighted by Crippen LogP contribution is 2.13. The Morgan fingerprint density at radius 2 is 2.06 bits per heavy atom. The number of carbonyl (C=O) groups excluding carboxylic acids is 1. The molecule has 0 unspecified atom stereocenters. The van der Waals surface area contributed by atoms with Gasteiger partial charge in [0, 0.05) is 11.8 Å². The van der Waals surface area contributed by atoms with E-state index < -0.39 is 0 Å². The summed E-state index contributed by atoms with van der Waals surface area (Å²) < 4.78 is 0. The number of hydrogen-bond donors (Lipinski definition) is 4. The van der Waals surface area contributed by atoms with Crippen LogP contribution >= 0.6 is 0 Å². The zero-order valence-corrected chi connectivity index (χ0v) is 8.40. The average molecular weight is 217 g/mol. The van der Waals surface area contributed by atoms with Crippen LogP contribution in [0.5, 0.6) is 0 Å². The molecule has 2 rings (SSSR count). The van der Waals surface area contributed by atoms with Crippen LogP contribution in [0.4, 0.5) is 17.3 Å². The van der Waals surface area contributed by atoms with Gasteiger partial charge in [-0.25, -0.2) is 0 Å². The van der Waals surface area contributed by atoms with Crippen molar-refractivity contribution >= 4 is 23.2 Å². The first-order valence-electron chi connectivity index (χ1n) is 4.63. The van der Waals surface area contributed by atoms with Gasteiger partial charge in [0.2, 0.25) is 0 Å². The molecule has 82 valence electrons. The van der Waals surface area contributed by atoms with Gasteiger partial charge in [-0.05, 0) is 12.1 Å². The van der Waals surface area contributed by atoms with Crippen molar-refractivity contribution in [2.24, 2.45) is 0 Å². The molecule has 1 aromatic carbocycles. The lowest BCUT2D eigenvalue weighted by molar-refractivity contribution is 0.102. The van der Waals surface area contributed by atoms with Crippen LogP contribution in [-0.2, 0) is 0 Å². The molecule has 0 aliphatic carbocycles. The number of carbonyl (C=O) groups is 1. The Kier molecular flexibility index (Phi) is 2.47. The van der Waals surface area contributed by atoms with Crippen LogP contribution in [-0.4, -0.2) is 16.1 Å². The first-order valence-corrected chi connectivity index (χ1v) is 4.63. The molecule has 0 bridgehead atoms. The van der Waals surface area contributed by atoms with E-state index in [2.05, 4.69) is 15.5 Å². The lowest BCUT2D eigenvalue weighted by Crippen LogP contribution is -2.14. The molecular formula is C10H11N5O. The SMILES string of the molecule is Nc1cc(NC(=O)c2ccccc2N)n[nH]1. The van der Waals surface area contributed by atoms with E-state index in [4.69, 9.17) is 11.5 Å².